The van der Waals surface area contributed by atoms with Gasteiger partial charge in [-0.15, -0.1) is 0 Å². The molecule has 2 aromatic rings. The van der Waals surface area contributed by atoms with Gasteiger partial charge in [0.15, 0.2) is 0 Å². The van der Waals surface area contributed by atoms with Crippen molar-refractivity contribution in [3.63, 3.8) is 0 Å². The number of rotatable bonds is 4. The van der Waals surface area contributed by atoms with E-state index in [2.05, 4.69) is 33.7 Å². The maximum absolute atomic E-state index is 4.13. The van der Waals surface area contributed by atoms with E-state index < -0.39 is 0 Å². The Balaban J connectivity index is 1.95. The van der Waals surface area contributed by atoms with E-state index in [-0.39, 0.29) is 0 Å². The van der Waals surface area contributed by atoms with E-state index in [1.54, 1.807) is 12.4 Å². The fourth-order valence-electron chi connectivity index (χ4n) is 1.48. The Morgan fingerprint density at radius 1 is 1.11 bits per heavy atom. The molecule has 1 N–H and O–H groups in total. The molecule has 0 aliphatic carbocycles. The Kier molecular flexibility index (Phi) is 4.25. The van der Waals surface area contributed by atoms with Crippen LogP contribution in [0.3, 0.4) is 0 Å². The number of nitrogens with zero attached hydrogens (tertiary/aromatic N) is 2. The second-order valence-electron chi connectivity index (χ2n) is 3.88. The van der Waals surface area contributed by atoms with Gasteiger partial charge in [0.2, 0.25) is 0 Å². The summed E-state index contributed by atoms with van der Waals surface area (Å²) < 4.78 is 0. The monoisotopic (exact) mass is 237 g/mol. The minimum atomic E-state index is 0.737. The summed E-state index contributed by atoms with van der Waals surface area (Å²) in [5.74, 6) is 0.737. The topological polar surface area (TPSA) is 37.3 Å². The van der Waals surface area contributed by atoms with Gasteiger partial charge in [-0.05, 0) is 30.2 Å². The fourth-order valence-corrected chi connectivity index (χ4v) is 1.48. The van der Waals surface area contributed by atoms with E-state index in [4.69, 9.17) is 0 Å². The van der Waals surface area contributed by atoms with Gasteiger partial charge in [-0.1, -0.05) is 42.5 Å². The number of hydrazone groups is 1. The molecule has 1 aromatic carbocycles. The van der Waals surface area contributed by atoms with Crippen molar-refractivity contribution in [2.75, 3.05) is 5.43 Å². The van der Waals surface area contributed by atoms with Crippen molar-refractivity contribution in [2.24, 2.45) is 5.10 Å². The Morgan fingerprint density at radius 2 is 1.89 bits per heavy atom. The van der Waals surface area contributed by atoms with E-state index in [0.29, 0.717) is 0 Å². The van der Waals surface area contributed by atoms with Crippen LogP contribution >= 0.6 is 0 Å². The average Bonchev–Trinajstić information content (AvgIpc) is 2.41. The van der Waals surface area contributed by atoms with Gasteiger partial charge in [-0.2, -0.15) is 5.10 Å². The van der Waals surface area contributed by atoms with E-state index in [9.17, 15) is 0 Å². The number of anilines is 1. The molecule has 0 saturated carbocycles. The number of hydrogen-bond acceptors (Lipinski definition) is 3. The van der Waals surface area contributed by atoms with E-state index in [1.165, 1.54) is 5.56 Å². The minimum Gasteiger partial charge on any atom is -0.261 e. The van der Waals surface area contributed by atoms with Crippen LogP contribution in [-0.2, 0) is 0 Å². The largest absolute Gasteiger partial charge is 0.261 e. The van der Waals surface area contributed by atoms with Gasteiger partial charge in [-0.3, -0.25) is 5.43 Å². The van der Waals surface area contributed by atoms with Crippen LogP contribution in [-0.4, -0.2) is 11.2 Å². The number of benzene rings is 1. The lowest BCUT2D eigenvalue weighted by Crippen LogP contribution is -1.92. The third-order valence-electron chi connectivity index (χ3n) is 2.31. The molecule has 2 rings (SSSR count). The molecule has 0 bridgehead atoms. The molecule has 3 heteroatoms. The average molecular weight is 237 g/mol. The molecule has 1 aromatic heterocycles. The fraction of sp³-hybridized carbons (Fsp3) is 0.0667. The van der Waals surface area contributed by atoms with Gasteiger partial charge in [0.1, 0.15) is 5.82 Å². The Morgan fingerprint density at radius 3 is 2.61 bits per heavy atom. The van der Waals surface area contributed by atoms with Gasteiger partial charge in [-0.25, -0.2) is 4.98 Å². The molecule has 0 radical (unpaired) electrons. The number of aromatic nitrogens is 1. The summed E-state index contributed by atoms with van der Waals surface area (Å²) in [5.41, 5.74) is 5.12. The number of allylic oxidation sites excluding steroid dienone is 1. The lowest BCUT2D eigenvalue weighted by molar-refractivity contribution is 1.23. The third kappa shape index (κ3) is 3.87. The predicted octanol–water partition coefficient (Wildman–Crippen LogP) is 3.58. The second kappa shape index (κ2) is 6.35. The van der Waals surface area contributed by atoms with Crippen LogP contribution in [0.1, 0.15) is 12.5 Å². The van der Waals surface area contributed by atoms with Crippen LogP contribution in [0.15, 0.2) is 65.4 Å². The first kappa shape index (κ1) is 12.0. The molecule has 90 valence electrons. The maximum atomic E-state index is 4.13. The van der Waals surface area contributed by atoms with Crippen LogP contribution in [0.5, 0.6) is 0 Å². The van der Waals surface area contributed by atoms with Crippen molar-refractivity contribution in [1.29, 1.82) is 0 Å². The lowest BCUT2D eigenvalue weighted by Gasteiger charge is -1.97. The molecule has 0 saturated heterocycles. The summed E-state index contributed by atoms with van der Waals surface area (Å²) in [6.07, 6.45) is 5.58. The summed E-state index contributed by atoms with van der Waals surface area (Å²) in [6, 6.07) is 15.8. The number of hydrogen-bond donors (Lipinski definition) is 1. The smallest absolute Gasteiger partial charge is 0.146 e. The molecule has 1 heterocycles. The standard InChI is InChI=1S/C15H15N3/c1-13(11-14-7-3-2-4-8-14)12-17-18-15-9-5-6-10-16-15/h2-12H,1H3,(H,16,18)/b13-11+,17-12+. The van der Waals surface area contributed by atoms with Crippen LogP contribution < -0.4 is 5.43 Å². The molecule has 0 amide bonds. The second-order valence-corrected chi connectivity index (χ2v) is 3.88. The van der Waals surface area contributed by atoms with Crippen molar-refractivity contribution >= 4 is 18.1 Å². The van der Waals surface area contributed by atoms with E-state index in [0.717, 1.165) is 11.4 Å². The van der Waals surface area contributed by atoms with Crippen molar-refractivity contribution in [1.82, 2.24) is 4.98 Å². The van der Waals surface area contributed by atoms with Crippen LogP contribution in [0, 0.1) is 0 Å². The van der Waals surface area contributed by atoms with Crippen molar-refractivity contribution in [3.05, 3.63) is 65.9 Å². The minimum absolute atomic E-state index is 0.737. The molecule has 0 aliphatic heterocycles. The molecule has 3 nitrogen and oxygen atoms in total. The third-order valence-corrected chi connectivity index (χ3v) is 2.31. The van der Waals surface area contributed by atoms with E-state index in [1.807, 2.05) is 43.3 Å². The number of pyridine rings is 1. The van der Waals surface area contributed by atoms with E-state index >= 15 is 0 Å². The highest BCUT2D eigenvalue weighted by molar-refractivity contribution is 5.85. The summed E-state index contributed by atoms with van der Waals surface area (Å²) in [4.78, 5) is 4.12. The maximum Gasteiger partial charge on any atom is 0.146 e. The zero-order valence-corrected chi connectivity index (χ0v) is 10.2. The first-order valence-electron chi connectivity index (χ1n) is 5.78. The van der Waals surface area contributed by atoms with Gasteiger partial charge in [0.25, 0.3) is 0 Å². The number of nitrogens with one attached hydrogen (secondary N) is 1. The molecule has 0 unspecified atom stereocenters. The van der Waals surface area contributed by atoms with Crippen LogP contribution in [0.4, 0.5) is 5.82 Å². The van der Waals surface area contributed by atoms with Crippen molar-refractivity contribution < 1.29 is 0 Å². The predicted molar refractivity (Wildman–Crippen MR) is 76.4 cm³/mol. The summed E-state index contributed by atoms with van der Waals surface area (Å²) in [7, 11) is 0. The SMILES string of the molecule is CC(/C=N/Nc1ccccn1)=C\c1ccccc1. The normalized spacial score (nSPS) is 11.7. The molecule has 18 heavy (non-hydrogen) atoms. The van der Waals surface area contributed by atoms with Crippen molar-refractivity contribution in [2.45, 2.75) is 6.92 Å². The van der Waals surface area contributed by atoms with Gasteiger partial charge in [0.05, 0.1) is 6.21 Å². The van der Waals surface area contributed by atoms with Gasteiger partial charge in [0, 0.05) is 6.20 Å². The summed E-state index contributed by atoms with van der Waals surface area (Å²) in [6.45, 7) is 2.01. The Bertz CT molecular complexity index is 530. The molecule has 0 fully saturated rings. The first-order chi connectivity index (χ1) is 8.84. The highest BCUT2D eigenvalue weighted by Crippen LogP contribution is 2.05. The summed E-state index contributed by atoms with van der Waals surface area (Å²) >= 11 is 0. The van der Waals surface area contributed by atoms with Gasteiger partial charge >= 0.3 is 0 Å². The Labute approximate surface area is 107 Å². The highest BCUT2D eigenvalue weighted by atomic mass is 15.3. The van der Waals surface area contributed by atoms with Crippen molar-refractivity contribution in [3.8, 4) is 0 Å². The highest BCUT2D eigenvalue weighted by Gasteiger charge is 1.88. The first-order valence-corrected chi connectivity index (χ1v) is 5.78. The zero-order chi connectivity index (χ0) is 12.6. The molecular weight excluding hydrogens is 222 g/mol. The lowest BCUT2D eigenvalue weighted by atomic mass is 10.1. The summed E-state index contributed by atoms with van der Waals surface area (Å²) in [5, 5.41) is 4.13. The van der Waals surface area contributed by atoms with Crippen LogP contribution in [0.25, 0.3) is 6.08 Å². The zero-order valence-electron chi connectivity index (χ0n) is 10.2. The van der Waals surface area contributed by atoms with Gasteiger partial charge < -0.3 is 0 Å². The Hall–Kier alpha value is -2.42. The quantitative estimate of drug-likeness (QED) is 0.652. The molecule has 0 spiro atoms. The molecule has 0 atom stereocenters. The molecule has 0 aliphatic rings. The molecular formula is C15H15N3. The van der Waals surface area contributed by atoms with Crippen LogP contribution in [0.2, 0.25) is 0 Å².